The largest absolute Gasteiger partial charge is 0.354 e. The summed E-state index contributed by atoms with van der Waals surface area (Å²) in [5.41, 5.74) is 2.95. The van der Waals surface area contributed by atoms with E-state index < -0.39 is 0 Å². The summed E-state index contributed by atoms with van der Waals surface area (Å²) >= 11 is 0. The highest BCUT2D eigenvalue weighted by Crippen LogP contribution is 2.31. The monoisotopic (exact) mass is 377 g/mol. The van der Waals surface area contributed by atoms with Crippen LogP contribution in [0, 0.1) is 11.2 Å². The summed E-state index contributed by atoms with van der Waals surface area (Å²) in [6.45, 7) is 7.15. The lowest BCUT2D eigenvalue weighted by Crippen LogP contribution is -2.20. The zero-order valence-corrected chi connectivity index (χ0v) is 15.9. The van der Waals surface area contributed by atoms with Crippen LogP contribution in [0.3, 0.4) is 0 Å². The molecule has 1 aromatic carbocycles. The first-order chi connectivity index (χ1) is 13.4. The molecule has 0 aliphatic carbocycles. The van der Waals surface area contributed by atoms with Crippen LogP contribution >= 0.6 is 0 Å². The van der Waals surface area contributed by atoms with Gasteiger partial charge in [0, 0.05) is 24.5 Å². The van der Waals surface area contributed by atoms with E-state index in [0.717, 1.165) is 17.8 Å². The highest BCUT2D eigenvalue weighted by atomic mass is 19.1. The van der Waals surface area contributed by atoms with Gasteiger partial charge < -0.3 is 5.32 Å². The molecule has 7 nitrogen and oxygen atoms in total. The molecule has 0 saturated heterocycles. The predicted octanol–water partition coefficient (Wildman–Crippen LogP) is 3.85. The lowest BCUT2D eigenvalue weighted by atomic mass is 9.97. The van der Waals surface area contributed by atoms with E-state index >= 15 is 0 Å². The lowest BCUT2D eigenvalue weighted by Gasteiger charge is -2.18. The summed E-state index contributed by atoms with van der Waals surface area (Å²) in [4.78, 5) is 13.6. The van der Waals surface area contributed by atoms with Gasteiger partial charge in [-0.05, 0) is 35.7 Å². The topological polar surface area (TPSA) is 80.9 Å². The maximum absolute atomic E-state index is 13.4. The van der Waals surface area contributed by atoms with Crippen LogP contribution in [0.25, 0.3) is 28.4 Å². The molecule has 4 aromatic rings. The van der Waals surface area contributed by atoms with Gasteiger partial charge in [-0.2, -0.15) is 5.10 Å². The number of rotatable bonds is 4. The Hall–Kier alpha value is -3.42. The number of benzene rings is 1. The van der Waals surface area contributed by atoms with E-state index in [4.69, 9.17) is 0 Å². The minimum atomic E-state index is -0.301. The van der Waals surface area contributed by atoms with Crippen molar-refractivity contribution in [1.82, 2.24) is 29.5 Å². The van der Waals surface area contributed by atoms with Gasteiger partial charge >= 0.3 is 0 Å². The summed E-state index contributed by atoms with van der Waals surface area (Å²) in [5.74, 6) is 0.679. The number of nitrogens with zero attached hydrogens (tertiary/aromatic N) is 6. The number of aromatic nitrogens is 6. The number of hydrogen-bond donors (Lipinski definition) is 1. The molecule has 4 rings (SSSR count). The second-order valence-electron chi connectivity index (χ2n) is 7.68. The van der Waals surface area contributed by atoms with Gasteiger partial charge in [0.15, 0.2) is 0 Å². The first kappa shape index (κ1) is 18.0. The van der Waals surface area contributed by atoms with Gasteiger partial charge in [0.1, 0.15) is 17.2 Å². The van der Waals surface area contributed by atoms with Gasteiger partial charge in [0.05, 0.1) is 11.9 Å². The summed E-state index contributed by atoms with van der Waals surface area (Å²) in [5, 5.41) is 11.3. The third kappa shape index (κ3) is 3.66. The second-order valence-corrected chi connectivity index (χ2v) is 7.68. The van der Waals surface area contributed by atoms with Crippen molar-refractivity contribution >= 4 is 11.7 Å². The predicted molar refractivity (Wildman–Crippen MR) is 105 cm³/mol. The Bertz CT molecular complexity index is 1110. The third-order valence-corrected chi connectivity index (χ3v) is 4.11. The fourth-order valence-electron chi connectivity index (χ4n) is 2.79. The Morgan fingerprint density at radius 1 is 1.04 bits per heavy atom. The summed E-state index contributed by atoms with van der Waals surface area (Å²) in [7, 11) is 0. The zero-order chi connectivity index (χ0) is 19.7. The number of hydrogen-bond acceptors (Lipinski definition) is 6. The van der Waals surface area contributed by atoms with Crippen LogP contribution in [0.4, 0.5) is 10.3 Å². The van der Waals surface area contributed by atoms with Crippen molar-refractivity contribution in [2.24, 2.45) is 5.41 Å². The third-order valence-electron chi connectivity index (χ3n) is 4.11. The van der Waals surface area contributed by atoms with Crippen LogP contribution in [-0.2, 0) is 0 Å². The fourth-order valence-corrected chi connectivity index (χ4v) is 2.79. The Balaban J connectivity index is 1.84. The molecular weight excluding hydrogens is 357 g/mol. The van der Waals surface area contributed by atoms with Crippen LogP contribution in [0.5, 0.6) is 0 Å². The van der Waals surface area contributed by atoms with E-state index in [1.165, 1.54) is 12.1 Å². The van der Waals surface area contributed by atoms with E-state index in [9.17, 15) is 4.39 Å². The van der Waals surface area contributed by atoms with Crippen molar-refractivity contribution in [3.8, 4) is 22.6 Å². The molecule has 0 amide bonds. The molecule has 3 aromatic heterocycles. The molecule has 0 spiro atoms. The molecule has 0 unspecified atom stereocenters. The van der Waals surface area contributed by atoms with Crippen LogP contribution in [0.1, 0.15) is 20.8 Å². The fraction of sp³-hybridized carbons (Fsp3) is 0.250. The summed E-state index contributed by atoms with van der Waals surface area (Å²) in [6, 6.07) is 8.01. The number of nitrogens with one attached hydrogen (secondary N) is 1. The number of imidazole rings is 1. The van der Waals surface area contributed by atoms with E-state index in [1.54, 1.807) is 30.7 Å². The van der Waals surface area contributed by atoms with Gasteiger partial charge in [-0.15, -0.1) is 5.10 Å². The number of fused-ring (bicyclic) bond motifs is 1. The van der Waals surface area contributed by atoms with E-state index in [0.29, 0.717) is 23.1 Å². The molecule has 0 aliphatic rings. The minimum absolute atomic E-state index is 0.0948. The standard InChI is InChI=1S/C20H20FN7/c1-20(2,3)12-23-18-22-9-8-15(25-18)17-16(13-4-6-14(21)7-5-13)26-19-27-24-10-11-28(17)19/h4-11H,12H2,1-3H3,(H,22,23,25). The zero-order valence-electron chi connectivity index (χ0n) is 15.9. The van der Waals surface area contributed by atoms with E-state index in [1.807, 2.05) is 10.5 Å². The SMILES string of the molecule is CC(C)(C)CNc1nccc(-c2c(-c3ccc(F)cc3)nc3nnccn23)n1. The van der Waals surface area contributed by atoms with Gasteiger partial charge in [-0.3, -0.25) is 4.40 Å². The van der Waals surface area contributed by atoms with Crippen molar-refractivity contribution in [2.75, 3.05) is 11.9 Å². The summed E-state index contributed by atoms with van der Waals surface area (Å²) in [6.07, 6.45) is 5.07. The highest BCUT2D eigenvalue weighted by Gasteiger charge is 2.19. The van der Waals surface area contributed by atoms with Gasteiger partial charge in [0.2, 0.25) is 5.95 Å². The van der Waals surface area contributed by atoms with Crippen molar-refractivity contribution in [3.05, 3.63) is 54.7 Å². The first-order valence-corrected chi connectivity index (χ1v) is 8.94. The Labute approximate surface area is 161 Å². The minimum Gasteiger partial charge on any atom is -0.354 e. The van der Waals surface area contributed by atoms with Gasteiger partial charge in [-0.25, -0.2) is 19.3 Å². The number of anilines is 1. The Morgan fingerprint density at radius 2 is 1.82 bits per heavy atom. The molecule has 0 fully saturated rings. The quantitative estimate of drug-likeness (QED) is 0.582. The number of halogens is 1. The van der Waals surface area contributed by atoms with Crippen LogP contribution < -0.4 is 5.32 Å². The van der Waals surface area contributed by atoms with Crippen LogP contribution in [0.2, 0.25) is 0 Å². The van der Waals surface area contributed by atoms with Crippen molar-refractivity contribution in [2.45, 2.75) is 20.8 Å². The van der Waals surface area contributed by atoms with Gasteiger partial charge in [-0.1, -0.05) is 20.8 Å². The molecule has 1 N–H and O–H groups in total. The maximum Gasteiger partial charge on any atom is 0.254 e. The second kappa shape index (κ2) is 6.95. The highest BCUT2D eigenvalue weighted by molar-refractivity contribution is 5.79. The maximum atomic E-state index is 13.4. The van der Waals surface area contributed by atoms with E-state index in [-0.39, 0.29) is 11.2 Å². The van der Waals surface area contributed by atoms with Gasteiger partial charge in [0.25, 0.3) is 5.78 Å². The Morgan fingerprint density at radius 3 is 2.57 bits per heavy atom. The van der Waals surface area contributed by atoms with E-state index in [2.05, 4.69) is 51.2 Å². The average molecular weight is 377 g/mol. The molecule has 0 aliphatic heterocycles. The van der Waals surface area contributed by atoms with Crippen LogP contribution in [0.15, 0.2) is 48.9 Å². The van der Waals surface area contributed by atoms with Crippen molar-refractivity contribution < 1.29 is 4.39 Å². The normalized spacial score (nSPS) is 11.7. The van der Waals surface area contributed by atoms with Crippen LogP contribution in [-0.4, -0.2) is 36.1 Å². The van der Waals surface area contributed by atoms with Crippen molar-refractivity contribution in [1.29, 1.82) is 0 Å². The molecule has 28 heavy (non-hydrogen) atoms. The molecule has 0 radical (unpaired) electrons. The first-order valence-electron chi connectivity index (χ1n) is 8.94. The smallest absolute Gasteiger partial charge is 0.254 e. The Kier molecular flexibility index (Phi) is 4.46. The molecule has 3 heterocycles. The average Bonchev–Trinajstić information content (AvgIpc) is 3.06. The lowest BCUT2D eigenvalue weighted by molar-refractivity contribution is 0.442. The molecule has 8 heteroatoms. The molecule has 0 bridgehead atoms. The molecule has 0 saturated carbocycles. The molecule has 142 valence electrons. The van der Waals surface area contributed by atoms with Crippen molar-refractivity contribution in [3.63, 3.8) is 0 Å². The molecular formula is C20H20FN7. The molecule has 0 atom stereocenters. The summed E-state index contributed by atoms with van der Waals surface area (Å²) < 4.78 is 15.2.